The van der Waals surface area contributed by atoms with E-state index in [9.17, 15) is 4.79 Å². The topological polar surface area (TPSA) is 70.6 Å². The van der Waals surface area contributed by atoms with Crippen molar-refractivity contribution < 1.29 is 14.6 Å². The lowest BCUT2D eigenvalue weighted by Gasteiger charge is -2.28. The molecule has 0 fully saturated rings. The molecule has 1 unspecified atom stereocenters. The number of carboxylic acids is 1. The molecular formula is C19H22N2O3. The summed E-state index contributed by atoms with van der Waals surface area (Å²) in [6.07, 6.45) is 1.04. The van der Waals surface area contributed by atoms with Crippen molar-refractivity contribution in [3.8, 4) is 5.75 Å². The van der Waals surface area contributed by atoms with E-state index in [0.717, 1.165) is 30.9 Å². The molecule has 0 bridgehead atoms. The summed E-state index contributed by atoms with van der Waals surface area (Å²) >= 11 is 0. The fraction of sp³-hybridized carbons (Fsp3) is 0.316. The standard InChI is InChI=1S/C19H22N2O3/c22-19(23)9-11-20-10-8-14-6-7-17-16(12-14)21-13-18(24-17)15-4-2-1-3-5-15/h1-7,12,18,20-21H,8-11,13H2,(H,22,23). The highest BCUT2D eigenvalue weighted by atomic mass is 16.5. The molecule has 3 N–H and O–H groups in total. The van der Waals surface area contributed by atoms with Crippen LogP contribution in [0.25, 0.3) is 0 Å². The molecule has 5 nitrogen and oxygen atoms in total. The maximum Gasteiger partial charge on any atom is 0.304 e. The number of hydrogen-bond donors (Lipinski definition) is 3. The highest BCUT2D eigenvalue weighted by Gasteiger charge is 2.20. The second-order valence-corrected chi connectivity index (χ2v) is 5.87. The lowest BCUT2D eigenvalue weighted by Crippen LogP contribution is -2.24. The normalized spacial score (nSPS) is 15.9. The van der Waals surface area contributed by atoms with Gasteiger partial charge in [-0.05, 0) is 36.2 Å². The zero-order chi connectivity index (χ0) is 16.8. The maximum absolute atomic E-state index is 10.5. The Balaban J connectivity index is 1.55. The van der Waals surface area contributed by atoms with Crippen molar-refractivity contribution in [2.75, 3.05) is 25.0 Å². The highest BCUT2D eigenvalue weighted by Crippen LogP contribution is 2.34. The molecule has 0 aliphatic carbocycles. The van der Waals surface area contributed by atoms with E-state index in [1.165, 1.54) is 11.1 Å². The van der Waals surface area contributed by atoms with Crippen molar-refractivity contribution in [2.45, 2.75) is 18.9 Å². The molecule has 1 atom stereocenters. The molecule has 3 rings (SSSR count). The Morgan fingerprint density at radius 3 is 2.83 bits per heavy atom. The van der Waals surface area contributed by atoms with Crippen molar-refractivity contribution in [1.29, 1.82) is 0 Å². The third kappa shape index (κ3) is 4.26. The molecule has 126 valence electrons. The Bertz CT molecular complexity index is 688. The van der Waals surface area contributed by atoms with Crippen molar-refractivity contribution >= 4 is 11.7 Å². The van der Waals surface area contributed by atoms with Crippen LogP contribution >= 0.6 is 0 Å². The molecule has 0 amide bonds. The average molecular weight is 326 g/mol. The van der Waals surface area contributed by atoms with E-state index in [4.69, 9.17) is 9.84 Å². The SMILES string of the molecule is O=C(O)CCNCCc1ccc2c(c1)NCC(c1ccccc1)O2. The molecule has 5 heteroatoms. The Kier molecular flexibility index (Phi) is 5.33. The van der Waals surface area contributed by atoms with Gasteiger partial charge in [-0.25, -0.2) is 0 Å². The van der Waals surface area contributed by atoms with E-state index in [1.54, 1.807) is 0 Å². The fourth-order valence-electron chi connectivity index (χ4n) is 2.78. The first-order chi connectivity index (χ1) is 11.7. The quantitative estimate of drug-likeness (QED) is 0.683. The molecule has 0 radical (unpaired) electrons. The number of anilines is 1. The van der Waals surface area contributed by atoms with E-state index >= 15 is 0 Å². The Labute approximate surface area is 141 Å². The number of aliphatic carboxylic acids is 1. The van der Waals surface area contributed by atoms with E-state index in [-0.39, 0.29) is 12.5 Å². The van der Waals surface area contributed by atoms with Crippen molar-refractivity contribution in [1.82, 2.24) is 5.32 Å². The van der Waals surface area contributed by atoms with Gasteiger partial charge in [0.15, 0.2) is 0 Å². The van der Waals surface area contributed by atoms with Crippen LogP contribution in [0, 0.1) is 0 Å². The first-order valence-corrected chi connectivity index (χ1v) is 8.23. The minimum absolute atomic E-state index is 0.0298. The summed E-state index contributed by atoms with van der Waals surface area (Å²) in [5.41, 5.74) is 3.39. The van der Waals surface area contributed by atoms with Gasteiger partial charge in [0.2, 0.25) is 0 Å². The molecule has 1 aliphatic heterocycles. The molecule has 24 heavy (non-hydrogen) atoms. The summed E-state index contributed by atoms with van der Waals surface area (Å²) in [5, 5.41) is 15.2. The van der Waals surface area contributed by atoms with E-state index in [0.29, 0.717) is 6.54 Å². The van der Waals surface area contributed by atoms with Crippen molar-refractivity contribution in [3.05, 3.63) is 59.7 Å². The smallest absolute Gasteiger partial charge is 0.304 e. The summed E-state index contributed by atoms with van der Waals surface area (Å²) in [5.74, 6) is 0.100. The first-order valence-electron chi connectivity index (χ1n) is 8.23. The lowest BCUT2D eigenvalue weighted by molar-refractivity contribution is -0.136. The predicted octanol–water partition coefficient (Wildman–Crippen LogP) is 2.84. The van der Waals surface area contributed by atoms with Gasteiger partial charge >= 0.3 is 5.97 Å². The van der Waals surface area contributed by atoms with E-state index in [2.05, 4.69) is 34.9 Å². The van der Waals surface area contributed by atoms with Crippen LogP contribution in [0.5, 0.6) is 5.75 Å². The number of nitrogens with one attached hydrogen (secondary N) is 2. The van der Waals surface area contributed by atoms with Crippen LogP contribution in [0.3, 0.4) is 0 Å². The number of rotatable bonds is 7. The number of benzene rings is 2. The van der Waals surface area contributed by atoms with Crippen LogP contribution in [-0.2, 0) is 11.2 Å². The second kappa shape index (κ2) is 7.84. The third-order valence-corrected chi connectivity index (χ3v) is 4.07. The summed E-state index contributed by atoms with van der Waals surface area (Å²) in [6, 6.07) is 16.4. The largest absolute Gasteiger partial charge is 0.482 e. The summed E-state index contributed by atoms with van der Waals surface area (Å²) in [4.78, 5) is 10.5. The molecule has 0 aromatic heterocycles. The number of ether oxygens (including phenoxy) is 1. The fourth-order valence-corrected chi connectivity index (χ4v) is 2.78. The van der Waals surface area contributed by atoms with Gasteiger partial charge in [-0.1, -0.05) is 36.4 Å². The summed E-state index contributed by atoms with van der Waals surface area (Å²) in [6.45, 7) is 2.01. The number of fused-ring (bicyclic) bond motifs is 1. The summed E-state index contributed by atoms with van der Waals surface area (Å²) < 4.78 is 6.10. The maximum atomic E-state index is 10.5. The molecule has 0 saturated heterocycles. The highest BCUT2D eigenvalue weighted by molar-refractivity contribution is 5.66. The first kappa shape index (κ1) is 16.3. The van der Waals surface area contributed by atoms with Crippen molar-refractivity contribution in [3.63, 3.8) is 0 Å². The van der Waals surface area contributed by atoms with Gasteiger partial charge in [0.25, 0.3) is 0 Å². The van der Waals surface area contributed by atoms with Gasteiger partial charge in [-0.15, -0.1) is 0 Å². The Hall–Kier alpha value is -2.53. The average Bonchev–Trinajstić information content (AvgIpc) is 2.61. The zero-order valence-electron chi connectivity index (χ0n) is 13.5. The number of carbonyl (C=O) groups is 1. The molecule has 1 aliphatic rings. The van der Waals surface area contributed by atoms with Gasteiger partial charge < -0.3 is 20.5 Å². The Morgan fingerprint density at radius 2 is 2.04 bits per heavy atom. The molecular weight excluding hydrogens is 304 g/mol. The van der Waals surface area contributed by atoms with Crippen LogP contribution in [0.15, 0.2) is 48.5 Å². The summed E-state index contributed by atoms with van der Waals surface area (Å²) in [7, 11) is 0. The van der Waals surface area contributed by atoms with Crippen LogP contribution in [0.4, 0.5) is 5.69 Å². The van der Waals surface area contributed by atoms with Gasteiger partial charge in [0.1, 0.15) is 11.9 Å². The predicted molar refractivity (Wildman–Crippen MR) is 93.6 cm³/mol. The minimum atomic E-state index is -0.773. The van der Waals surface area contributed by atoms with Crippen molar-refractivity contribution in [2.24, 2.45) is 0 Å². The minimum Gasteiger partial charge on any atom is -0.482 e. The molecule has 2 aromatic rings. The van der Waals surface area contributed by atoms with Crippen LogP contribution in [0.2, 0.25) is 0 Å². The second-order valence-electron chi connectivity index (χ2n) is 5.87. The number of carboxylic acid groups (broad SMARTS) is 1. The zero-order valence-corrected chi connectivity index (χ0v) is 13.5. The molecule has 0 spiro atoms. The van der Waals surface area contributed by atoms with E-state index < -0.39 is 5.97 Å². The van der Waals surface area contributed by atoms with Crippen LogP contribution in [0.1, 0.15) is 23.7 Å². The number of hydrogen-bond acceptors (Lipinski definition) is 4. The molecule has 2 aromatic carbocycles. The lowest BCUT2D eigenvalue weighted by atomic mass is 10.1. The van der Waals surface area contributed by atoms with Gasteiger partial charge in [-0.2, -0.15) is 0 Å². The van der Waals surface area contributed by atoms with Gasteiger partial charge in [0.05, 0.1) is 18.7 Å². The monoisotopic (exact) mass is 326 g/mol. The van der Waals surface area contributed by atoms with Gasteiger partial charge in [0, 0.05) is 6.54 Å². The van der Waals surface area contributed by atoms with Crippen LogP contribution in [-0.4, -0.2) is 30.7 Å². The Morgan fingerprint density at radius 1 is 1.21 bits per heavy atom. The van der Waals surface area contributed by atoms with E-state index in [1.807, 2.05) is 24.3 Å². The third-order valence-electron chi connectivity index (χ3n) is 4.07. The van der Waals surface area contributed by atoms with Crippen LogP contribution < -0.4 is 15.4 Å². The van der Waals surface area contributed by atoms with Gasteiger partial charge in [-0.3, -0.25) is 4.79 Å². The molecule has 0 saturated carbocycles. The molecule has 1 heterocycles.